The number of aliphatic hydroxyl groups is 1. The van der Waals surface area contributed by atoms with Gasteiger partial charge in [-0.1, -0.05) is 12.1 Å². The lowest BCUT2D eigenvalue weighted by Crippen LogP contribution is -2.28. The van der Waals surface area contributed by atoms with Gasteiger partial charge in [0.05, 0.1) is 11.6 Å². The fraction of sp³-hybridized carbons (Fsp3) is 0.471. The van der Waals surface area contributed by atoms with Crippen molar-refractivity contribution in [2.75, 3.05) is 0 Å². The van der Waals surface area contributed by atoms with Crippen LogP contribution in [0.2, 0.25) is 0 Å². The number of hydrogen-bond donors (Lipinski definition) is 2. The Kier molecular flexibility index (Phi) is 5.15. The molecule has 0 fully saturated rings. The summed E-state index contributed by atoms with van der Waals surface area (Å²) in [5.74, 6) is 0.558. The van der Waals surface area contributed by atoms with Crippen LogP contribution in [0, 0.1) is 0 Å². The maximum absolute atomic E-state index is 12.4. The lowest BCUT2D eigenvalue weighted by Gasteiger charge is -2.17. The Balaban J connectivity index is 2.03. The van der Waals surface area contributed by atoms with Crippen LogP contribution in [0.5, 0.6) is 0 Å². The third kappa shape index (κ3) is 4.89. The van der Waals surface area contributed by atoms with E-state index in [4.69, 9.17) is 0 Å². The van der Waals surface area contributed by atoms with Crippen molar-refractivity contribution in [3.8, 4) is 0 Å². The van der Waals surface area contributed by atoms with Gasteiger partial charge in [0.2, 0.25) is 0 Å². The molecule has 0 saturated carbocycles. The Morgan fingerprint density at radius 1 is 1.43 bits per heavy atom. The van der Waals surface area contributed by atoms with Crippen LogP contribution in [-0.2, 0) is 13.5 Å². The number of nitrogens with zero attached hydrogens (tertiary/aromatic N) is 3. The minimum Gasteiger partial charge on any atom is -0.390 e. The molecule has 1 atom stereocenters. The molecule has 6 heteroatoms. The quantitative estimate of drug-likeness (QED) is 0.854. The first-order chi connectivity index (χ1) is 10.8. The molecule has 124 valence electrons. The largest absolute Gasteiger partial charge is 0.390 e. The van der Waals surface area contributed by atoms with Gasteiger partial charge >= 0.3 is 0 Å². The van der Waals surface area contributed by atoms with Gasteiger partial charge in [0.1, 0.15) is 6.33 Å². The molecule has 0 aliphatic heterocycles. The van der Waals surface area contributed by atoms with E-state index < -0.39 is 5.60 Å². The topological polar surface area (TPSA) is 80.0 Å². The minimum absolute atomic E-state index is 0.148. The summed E-state index contributed by atoms with van der Waals surface area (Å²) >= 11 is 0. The first-order valence-electron chi connectivity index (χ1n) is 7.72. The highest BCUT2D eigenvalue weighted by Crippen LogP contribution is 2.15. The number of nitrogens with one attached hydrogen (secondary N) is 1. The van der Waals surface area contributed by atoms with Crippen LogP contribution in [0.25, 0.3) is 0 Å². The SMILES string of the molecule is C[C@@H](NC(=O)c1cccc(CCC(C)(C)O)c1)c1nncn1C. The molecule has 0 saturated heterocycles. The molecule has 1 heterocycles. The van der Waals surface area contributed by atoms with Gasteiger partial charge in [-0.25, -0.2) is 0 Å². The van der Waals surface area contributed by atoms with Crippen molar-refractivity contribution in [3.05, 3.63) is 47.5 Å². The number of aryl methyl sites for hydroxylation is 2. The van der Waals surface area contributed by atoms with Crippen molar-refractivity contribution in [1.82, 2.24) is 20.1 Å². The van der Waals surface area contributed by atoms with E-state index in [1.54, 1.807) is 30.8 Å². The van der Waals surface area contributed by atoms with Crippen molar-refractivity contribution in [1.29, 1.82) is 0 Å². The van der Waals surface area contributed by atoms with Gasteiger partial charge in [0.15, 0.2) is 5.82 Å². The molecule has 0 aliphatic rings. The highest BCUT2D eigenvalue weighted by atomic mass is 16.3. The van der Waals surface area contributed by atoms with Crippen LogP contribution < -0.4 is 5.32 Å². The molecule has 0 aliphatic carbocycles. The average molecular weight is 316 g/mol. The van der Waals surface area contributed by atoms with Crippen LogP contribution in [0.15, 0.2) is 30.6 Å². The molecule has 2 aromatic rings. The number of amides is 1. The summed E-state index contributed by atoms with van der Waals surface area (Å²) in [5, 5.41) is 20.6. The van der Waals surface area contributed by atoms with E-state index in [1.165, 1.54) is 0 Å². The first-order valence-corrected chi connectivity index (χ1v) is 7.72. The van der Waals surface area contributed by atoms with Gasteiger partial charge in [0, 0.05) is 12.6 Å². The van der Waals surface area contributed by atoms with Crippen molar-refractivity contribution in [2.45, 2.75) is 45.3 Å². The minimum atomic E-state index is -0.710. The molecule has 23 heavy (non-hydrogen) atoms. The van der Waals surface area contributed by atoms with Gasteiger partial charge in [-0.15, -0.1) is 10.2 Å². The molecule has 0 spiro atoms. The second-order valence-corrected chi connectivity index (χ2v) is 6.51. The van der Waals surface area contributed by atoms with Crippen LogP contribution in [0.4, 0.5) is 0 Å². The summed E-state index contributed by atoms with van der Waals surface area (Å²) in [6.07, 6.45) is 2.98. The van der Waals surface area contributed by atoms with Crippen molar-refractivity contribution >= 4 is 5.91 Å². The molecule has 0 bridgehead atoms. The maximum Gasteiger partial charge on any atom is 0.251 e. The standard InChI is InChI=1S/C17H24N4O2/c1-12(15-20-18-11-21(15)4)19-16(22)14-7-5-6-13(10-14)8-9-17(2,3)23/h5-7,10-12,23H,8-9H2,1-4H3,(H,19,22)/t12-/m1/s1. The van der Waals surface area contributed by atoms with Crippen molar-refractivity contribution < 1.29 is 9.90 Å². The summed E-state index contributed by atoms with van der Waals surface area (Å²) in [6, 6.07) is 7.25. The predicted molar refractivity (Wildman–Crippen MR) is 87.9 cm³/mol. The van der Waals surface area contributed by atoms with E-state index in [2.05, 4.69) is 15.5 Å². The van der Waals surface area contributed by atoms with Crippen LogP contribution >= 0.6 is 0 Å². The van der Waals surface area contributed by atoms with Gasteiger partial charge in [-0.2, -0.15) is 0 Å². The lowest BCUT2D eigenvalue weighted by molar-refractivity contribution is 0.0714. The van der Waals surface area contributed by atoms with E-state index in [-0.39, 0.29) is 11.9 Å². The monoisotopic (exact) mass is 316 g/mol. The first kappa shape index (κ1) is 17.1. The van der Waals surface area contributed by atoms with Crippen molar-refractivity contribution in [3.63, 3.8) is 0 Å². The van der Waals surface area contributed by atoms with Gasteiger partial charge in [-0.3, -0.25) is 4.79 Å². The Hall–Kier alpha value is -2.21. The predicted octanol–water partition coefficient (Wildman–Crippen LogP) is 2.01. The molecule has 2 N–H and O–H groups in total. The van der Waals surface area contributed by atoms with E-state index in [0.29, 0.717) is 17.8 Å². The number of carbonyl (C=O) groups excluding carboxylic acids is 1. The highest BCUT2D eigenvalue weighted by molar-refractivity contribution is 5.94. The molecule has 6 nitrogen and oxygen atoms in total. The van der Waals surface area contributed by atoms with E-state index >= 15 is 0 Å². The molecule has 0 radical (unpaired) electrons. The Bertz CT molecular complexity index is 673. The number of carbonyl (C=O) groups is 1. The molecule has 0 unspecified atom stereocenters. The van der Waals surface area contributed by atoms with Crippen LogP contribution in [-0.4, -0.2) is 31.4 Å². The molecule has 2 rings (SSSR count). The Morgan fingerprint density at radius 3 is 2.78 bits per heavy atom. The highest BCUT2D eigenvalue weighted by Gasteiger charge is 2.16. The number of aromatic nitrogens is 3. The zero-order valence-electron chi connectivity index (χ0n) is 14.1. The zero-order chi connectivity index (χ0) is 17.0. The number of hydrogen-bond acceptors (Lipinski definition) is 4. The fourth-order valence-electron chi connectivity index (χ4n) is 2.35. The van der Waals surface area contributed by atoms with Crippen LogP contribution in [0.1, 0.15) is 55.0 Å². The lowest BCUT2D eigenvalue weighted by atomic mass is 9.98. The maximum atomic E-state index is 12.4. The summed E-state index contributed by atoms with van der Waals surface area (Å²) < 4.78 is 1.78. The fourth-order valence-corrected chi connectivity index (χ4v) is 2.35. The van der Waals surface area contributed by atoms with E-state index in [1.807, 2.05) is 32.2 Å². The molecular formula is C17H24N4O2. The van der Waals surface area contributed by atoms with Gasteiger partial charge in [0.25, 0.3) is 5.91 Å². The second kappa shape index (κ2) is 6.91. The summed E-state index contributed by atoms with van der Waals surface area (Å²) in [4.78, 5) is 12.4. The van der Waals surface area contributed by atoms with E-state index in [0.717, 1.165) is 12.0 Å². The molecule has 1 aromatic carbocycles. The summed E-state index contributed by atoms with van der Waals surface area (Å²) in [5.41, 5.74) is 0.927. The van der Waals surface area contributed by atoms with Gasteiger partial charge in [-0.05, 0) is 51.3 Å². The number of benzene rings is 1. The van der Waals surface area contributed by atoms with E-state index in [9.17, 15) is 9.90 Å². The third-order valence-corrected chi connectivity index (χ3v) is 3.70. The normalized spacial score (nSPS) is 12.9. The molecule has 1 amide bonds. The average Bonchev–Trinajstić information content (AvgIpc) is 2.91. The van der Waals surface area contributed by atoms with Crippen molar-refractivity contribution in [2.24, 2.45) is 7.05 Å². The Labute approximate surface area is 136 Å². The zero-order valence-corrected chi connectivity index (χ0v) is 14.1. The summed E-state index contributed by atoms with van der Waals surface area (Å²) in [6.45, 7) is 5.44. The molecule has 1 aromatic heterocycles. The Morgan fingerprint density at radius 2 is 2.17 bits per heavy atom. The summed E-state index contributed by atoms with van der Waals surface area (Å²) in [7, 11) is 1.84. The third-order valence-electron chi connectivity index (χ3n) is 3.70. The van der Waals surface area contributed by atoms with Crippen LogP contribution in [0.3, 0.4) is 0 Å². The van der Waals surface area contributed by atoms with Gasteiger partial charge < -0.3 is 15.0 Å². The smallest absolute Gasteiger partial charge is 0.251 e. The number of rotatable bonds is 6. The second-order valence-electron chi connectivity index (χ2n) is 6.51. The molecular weight excluding hydrogens is 292 g/mol.